The van der Waals surface area contributed by atoms with Crippen LogP contribution in [0.5, 0.6) is 0 Å². The Bertz CT molecular complexity index is 711. The second-order valence-electron chi connectivity index (χ2n) is 4.86. The number of H-pyrrole nitrogens is 1. The minimum absolute atomic E-state index is 0. The molecule has 11 heteroatoms. The first kappa shape index (κ1) is 23.2. The number of aliphatic hydroxyl groups excluding tert-OH is 3. The first-order valence-corrected chi connectivity index (χ1v) is 7.11. The summed E-state index contributed by atoms with van der Waals surface area (Å²) in [5.74, 6) is 0. The van der Waals surface area contributed by atoms with Crippen molar-refractivity contribution in [3.05, 3.63) is 27.2 Å². The molecular formula is C13H23CaN5O5. The molecule has 2 heterocycles. The van der Waals surface area contributed by atoms with Gasteiger partial charge in [0, 0.05) is 71.5 Å². The Kier molecular flexibility index (Phi) is 11.4. The molecule has 0 spiro atoms. The molecule has 0 saturated carbocycles. The second kappa shape index (κ2) is 11.7. The van der Waals surface area contributed by atoms with Crippen molar-refractivity contribution in [1.82, 2.24) is 24.0 Å². The number of aromatic nitrogens is 4. The van der Waals surface area contributed by atoms with Gasteiger partial charge in [-0.15, -0.1) is 0 Å². The molecule has 4 N–H and O–H groups in total. The van der Waals surface area contributed by atoms with E-state index in [0.29, 0.717) is 30.8 Å². The van der Waals surface area contributed by atoms with Gasteiger partial charge in [-0.1, -0.05) is 0 Å². The number of aromatic amines is 1. The van der Waals surface area contributed by atoms with E-state index in [9.17, 15) is 9.59 Å². The molecule has 2 aromatic rings. The van der Waals surface area contributed by atoms with E-state index in [1.54, 1.807) is 23.6 Å². The molecule has 0 saturated heterocycles. The zero-order chi connectivity index (χ0) is 17.4. The van der Waals surface area contributed by atoms with E-state index in [2.05, 4.69) is 9.97 Å². The molecule has 2 radical (unpaired) electrons. The number of fused-ring (bicyclic) bond motifs is 1. The number of imidazole rings is 1. The molecule has 0 fully saturated rings. The van der Waals surface area contributed by atoms with E-state index >= 15 is 0 Å². The van der Waals surface area contributed by atoms with E-state index in [0.717, 1.165) is 0 Å². The molecule has 0 aliphatic carbocycles. The Morgan fingerprint density at radius 1 is 1.08 bits per heavy atom. The molecule has 0 atom stereocenters. The molecule has 24 heavy (non-hydrogen) atoms. The quantitative estimate of drug-likeness (QED) is 0.395. The summed E-state index contributed by atoms with van der Waals surface area (Å²) in [4.78, 5) is 30.4. The van der Waals surface area contributed by atoms with E-state index in [1.807, 2.05) is 0 Å². The van der Waals surface area contributed by atoms with E-state index in [1.165, 1.54) is 10.9 Å². The van der Waals surface area contributed by atoms with Crippen molar-refractivity contribution < 1.29 is 15.3 Å². The first-order chi connectivity index (χ1) is 11.0. The zero-order valence-corrected chi connectivity index (χ0v) is 16.2. The summed E-state index contributed by atoms with van der Waals surface area (Å²) in [5, 5.41) is 25.5. The second-order valence-corrected chi connectivity index (χ2v) is 4.86. The number of aryl methyl sites for hydroxylation is 2. The third-order valence-corrected chi connectivity index (χ3v) is 3.22. The predicted molar refractivity (Wildman–Crippen MR) is 90.0 cm³/mol. The maximum absolute atomic E-state index is 11.3. The van der Waals surface area contributed by atoms with Gasteiger partial charge in [0.15, 0.2) is 11.2 Å². The van der Waals surface area contributed by atoms with Gasteiger partial charge in [-0.05, 0) is 0 Å². The van der Waals surface area contributed by atoms with Gasteiger partial charge < -0.3 is 19.9 Å². The van der Waals surface area contributed by atoms with Gasteiger partial charge >= 0.3 is 5.69 Å². The average molecular weight is 369 g/mol. The number of hydrogen-bond donors (Lipinski definition) is 4. The topological polar surface area (TPSA) is 137 Å². The Morgan fingerprint density at radius 3 is 2.04 bits per heavy atom. The van der Waals surface area contributed by atoms with Crippen LogP contribution in [0.2, 0.25) is 0 Å². The van der Waals surface area contributed by atoms with Crippen LogP contribution >= 0.6 is 0 Å². The van der Waals surface area contributed by atoms with Crippen LogP contribution in [0, 0.1) is 0 Å². The number of aliphatic hydroxyl groups is 3. The summed E-state index contributed by atoms with van der Waals surface area (Å²) in [7, 11) is 3.27. The van der Waals surface area contributed by atoms with Crippen molar-refractivity contribution in [2.45, 2.75) is 0 Å². The summed E-state index contributed by atoms with van der Waals surface area (Å²) in [6, 6.07) is 0. The van der Waals surface area contributed by atoms with Gasteiger partial charge in [-0.3, -0.25) is 19.2 Å². The molecule has 0 unspecified atom stereocenters. The van der Waals surface area contributed by atoms with Crippen LogP contribution in [0.1, 0.15) is 0 Å². The van der Waals surface area contributed by atoms with Gasteiger partial charge in [-0.25, -0.2) is 9.78 Å². The molecule has 0 aliphatic rings. The largest absolute Gasteiger partial charge is 0.395 e. The average Bonchev–Trinajstić information content (AvgIpc) is 2.89. The van der Waals surface area contributed by atoms with Gasteiger partial charge in [0.2, 0.25) is 0 Å². The minimum Gasteiger partial charge on any atom is -0.395 e. The van der Waals surface area contributed by atoms with Crippen molar-refractivity contribution in [3.8, 4) is 0 Å². The van der Waals surface area contributed by atoms with Crippen LogP contribution in [-0.4, -0.2) is 117 Å². The van der Waals surface area contributed by atoms with Crippen molar-refractivity contribution in [2.75, 3.05) is 39.5 Å². The predicted octanol–water partition coefficient (Wildman–Crippen LogP) is -3.16. The molecule has 0 bridgehead atoms. The molecule has 2 rings (SSSR count). The Hall–Kier alpha value is -0.750. The van der Waals surface area contributed by atoms with Crippen LogP contribution in [0.25, 0.3) is 11.2 Å². The van der Waals surface area contributed by atoms with Crippen LogP contribution in [0.15, 0.2) is 15.9 Å². The van der Waals surface area contributed by atoms with Gasteiger partial charge in [-0.2, -0.15) is 0 Å². The molecule has 132 valence electrons. The number of rotatable bonds is 6. The van der Waals surface area contributed by atoms with Crippen LogP contribution in [0.4, 0.5) is 0 Å². The number of nitrogens with zero attached hydrogens (tertiary/aromatic N) is 4. The Morgan fingerprint density at radius 2 is 1.58 bits per heavy atom. The van der Waals surface area contributed by atoms with Crippen molar-refractivity contribution in [3.63, 3.8) is 0 Å². The fourth-order valence-electron chi connectivity index (χ4n) is 2.02. The Labute approximate surface area is 168 Å². The van der Waals surface area contributed by atoms with Crippen molar-refractivity contribution in [1.29, 1.82) is 0 Å². The SMILES string of the molecule is Cn1cnc2c1c(=O)[nH]c(=O)n2C.OCCN(CCO)CCO.[Ca]. The number of nitrogens with one attached hydrogen (secondary N) is 1. The maximum Gasteiger partial charge on any atom is 0.329 e. The smallest absolute Gasteiger partial charge is 0.329 e. The summed E-state index contributed by atoms with van der Waals surface area (Å²) in [6.45, 7) is 1.75. The summed E-state index contributed by atoms with van der Waals surface area (Å²) < 4.78 is 2.88. The summed E-state index contributed by atoms with van der Waals surface area (Å²) in [6.07, 6.45) is 1.50. The molecule has 0 amide bonds. The van der Waals surface area contributed by atoms with E-state index < -0.39 is 11.2 Å². The van der Waals surface area contributed by atoms with Crippen LogP contribution < -0.4 is 11.2 Å². The van der Waals surface area contributed by atoms with E-state index in [-0.39, 0.29) is 57.6 Å². The molecule has 2 aromatic heterocycles. The molecule has 0 aromatic carbocycles. The summed E-state index contributed by atoms with van der Waals surface area (Å²) in [5.41, 5.74) is -0.0485. The van der Waals surface area contributed by atoms with Gasteiger partial charge in [0.1, 0.15) is 0 Å². The fourth-order valence-corrected chi connectivity index (χ4v) is 2.02. The van der Waals surface area contributed by atoms with Crippen LogP contribution in [0.3, 0.4) is 0 Å². The van der Waals surface area contributed by atoms with Crippen molar-refractivity contribution in [2.24, 2.45) is 14.1 Å². The zero-order valence-electron chi connectivity index (χ0n) is 14.0. The molecular weight excluding hydrogens is 346 g/mol. The molecule has 10 nitrogen and oxygen atoms in total. The van der Waals surface area contributed by atoms with Crippen molar-refractivity contribution >= 4 is 48.9 Å². The summed E-state index contributed by atoms with van der Waals surface area (Å²) >= 11 is 0. The van der Waals surface area contributed by atoms with Gasteiger partial charge in [0.05, 0.1) is 26.1 Å². The third-order valence-electron chi connectivity index (χ3n) is 3.22. The molecule has 0 aliphatic heterocycles. The third kappa shape index (κ3) is 6.28. The maximum atomic E-state index is 11.3. The fraction of sp³-hybridized carbons (Fsp3) is 0.615. The standard InChI is InChI=1S/C7H8N4O2.C6H15NO3.Ca/c1-10-3-8-5-4(10)6(12)9-7(13)11(5)2;8-4-1-7(2-5-9)3-6-10;/h3H,1-2H3,(H,9,12,13);8-10H,1-6H2;. The Balaban J connectivity index is 0.000000441. The van der Waals surface area contributed by atoms with E-state index in [4.69, 9.17) is 15.3 Å². The minimum atomic E-state index is -0.448. The monoisotopic (exact) mass is 369 g/mol. The number of hydrogen-bond acceptors (Lipinski definition) is 7. The normalized spacial score (nSPS) is 10.4. The van der Waals surface area contributed by atoms with Gasteiger partial charge in [0.25, 0.3) is 5.56 Å². The first-order valence-electron chi connectivity index (χ1n) is 7.11. The van der Waals surface area contributed by atoms with Crippen LogP contribution in [-0.2, 0) is 14.1 Å².